The predicted octanol–water partition coefficient (Wildman–Crippen LogP) is 5.42. The highest BCUT2D eigenvalue weighted by Gasteiger charge is 2.09. The van der Waals surface area contributed by atoms with E-state index in [0.29, 0.717) is 17.8 Å². The third-order valence-electron chi connectivity index (χ3n) is 4.31. The molecule has 0 radical (unpaired) electrons. The number of anilines is 6. The lowest BCUT2D eigenvalue weighted by Gasteiger charge is -2.12. The third kappa shape index (κ3) is 5.02. The first-order chi connectivity index (χ1) is 14.5. The lowest BCUT2D eigenvalue weighted by atomic mass is 10.2. The average molecular weight is 398 g/mol. The van der Waals surface area contributed by atoms with E-state index in [1.54, 1.807) is 24.3 Å². The molecular weight excluding hydrogens is 376 g/mol. The van der Waals surface area contributed by atoms with E-state index >= 15 is 0 Å². The van der Waals surface area contributed by atoms with E-state index in [1.807, 2.05) is 62.4 Å². The lowest BCUT2D eigenvalue weighted by Crippen LogP contribution is -2.07. The van der Waals surface area contributed by atoms with Gasteiger partial charge in [0.1, 0.15) is 5.75 Å². The minimum atomic E-state index is 0.194. The normalized spacial score (nSPS) is 10.5. The van der Waals surface area contributed by atoms with Crippen LogP contribution in [0.5, 0.6) is 5.75 Å². The number of nitrogens with zero attached hydrogens (tertiary/aromatic N) is 3. The Balaban J connectivity index is 1.66. The van der Waals surface area contributed by atoms with Crippen LogP contribution < -0.4 is 16.0 Å². The Morgan fingerprint density at radius 1 is 0.567 bits per heavy atom. The molecule has 0 spiro atoms. The molecule has 0 saturated carbocycles. The van der Waals surface area contributed by atoms with Crippen molar-refractivity contribution in [3.8, 4) is 5.75 Å². The summed E-state index contributed by atoms with van der Waals surface area (Å²) in [5, 5.41) is 19.1. The van der Waals surface area contributed by atoms with Gasteiger partial charge >= 0.3 is 0 Å². The monoisotopic (exact) mass is 398 g/mol. The maximum atomic E-state index is 9.49. The van der Waals surface area contributed by atoms with E-state index in [2.05, 4.69) is 30.9 Å². The fourth-order valence-electron chi connectivity index (χ4n) is 2.92. The van der Waals surface area contributed by atoms with Gasteiger partial charge in [-0.3, -0.25) is 0 Å². The summed E-state index contributed by atoms with van der Waals surface area (Å²) in [6.07, 6.45) is 0. The van der Waals surface area contributed by atoms with E-state index < -0.39 is 0 Å². The molecular formula is C23H22N6O. The Hall–Kier alpha value is -4.13. The van der Waals surface area contributed by atoms with Gasteiger partial charge in [-0.05, 0) is 73.5 Å². The van der Waals surface area contributed by atoms with Crippen LogP contribution in [0.25, 0.3) is 0 Å². The molecule has 7 nitrogen and oxygen atoms in total. The van der Waals surface area contributed by atoms with Gasteiger partial charge in [-0.1, -0.05) is 24.3 Å². The Morgan fingerprint density at radius 2 is 1.00 bits per heavy atom. The van der Waals surface area contributed by atoms with Crippen LogP contribution in [0.15, 0.2) is 72.8 Å². The van der Waals surface area contributed by atoms with Gasteiger partial charge in [-0.2, -0.15) is 15.0 Å². The molecule has 4 aromatic rings. The summed E-state index contributed by atoms with van der Waals surface area (Å²) in [5.74, 6) is 1.39. The van der Waals surface area contributed by atoms with Crippen molar-refractivity contribution < 1.29 is 5.11 Å². The number of aryl methyl sites for hydroxylation is 2. The number of aromatic hydroxyl groups is 1. The van der Waals surface area contributed by atoms with Gasteiger partial charge in [0.25, 0.3) is 0 Å². The quantitative estimate of drug-likeness (QED) is 0.322. The molecule has 0 aliphatic heterocycles. The number of rotatable bonds is 6. The molecule has 30 heavy (non-hydrogen) atoms. The van der Waals surface area contributed by atoms with Crippen molar-refractivity contribution in [2.75, 3.05) is 16.0 Å². The zero-order valence-electron chi connectivity index (χ0n) is 16.7. The molecule has 0 bridgehead atoms. The van der Waals surface area contributed by atoms with Gasteiger partial charge in [-0.15, -0.1) is 0 Å². The summed E-state index contributed by atoms with van der Waals surface area (Å²) < 4.78 is 0. The fraction of sp³-hybridized carbons (Fsp3) is 0.0870. The van der Waals surface area contributed by atoms with Crippen LogP contribution >= 0.6 is 0 Å². The standard InChI is InChI=1S/C23H22N6O/c1-15-5-3-7-18(13-15)25-22-27-21(24-17-9-11-20(30)12-10-17)28-23(29-22)26-19-8-4-6-16(2)14-19/h3-14,30H,1-2H3,(H3,24,25,26,27,28,29). The Bertz CT molecular complexity index is 1090. The van der Waals surface area contributed by atoms with Crippen LogP contribution in [0, 0.1) is 13.8 Å². The number of benzene rings is 3. The summed E-state index contributed by atoms with van der Waals surface area (Å²) in [6.45, 7) is 4.06. The Kier molecular flexibility index (Phi) is 5.43. The Labute approximate surface area is 174 Å². The van der Waals surface area contributed by atoms with Crippen molar-refractivity contribution in [2.24, 2.45) is 0 Å². The Morgan fingerprint density at radius 3 is 1.43 bits per heavy atom. The van der Waals surface area contributed by atoms with Crippen molar-refractivity contribution in [1.82, 2.24) is 15.0 Å². The number of phenols is 1. The van der Waals surface area contributed by atoms with E-state index in [0.717, 1.165) is 28.2 Å². The second kappa shape index (κ2) is 8.48. The minimum Gasteiger partial charge on any atom is -0.508 e. The number of aromatic nitrogens is 3. The first-order valence-electron chi connectivity index (χ1n) is 9.53. The highest BCUT2D eigenvalue weighted by molar-refractivity contribution is 5.62. The molecule has 0 aliphatic carbocycles. The van der Waals surface area contributed by atoms with Crippen molar-refractivity contribution in [2.45, 2.75) is 13.8 Å². The van der Waals surface area contributed by atoms with E-state index in [1.165, 1.54) is 0 Å². The molecule has 0 aliphatic rings. The molecule has 7 heteroatoms. The second-order valence-electron chi connectivity index (χ2n) is 6.97. The van der Waals surface area contributed by atoms with Gasteiger partial charge in [-0.25, -0.2) is 0 Å². The summed E-state index contributed by atoms with van der Waals surface area (Å²) in [5.41, 5.74) is 4.79. The highest BCUT2D eigenvalue weighted by Crippen LogP contribution is 2.22. The van der Waals surface area contributed by atoms with Gasteiger partial charge in [0, 0.05) is 17.1 Å². The van der Waals surface area contributed by atoms with Crippen LogP contribution in [-0.2, 0) is 0 Å². The molecule has 1 aromatic heterocycles. The van der Waals surface area contributed by atoms with E-state index in [9.17, 15) is 5.11 Å². The summed E-state index contributed by atoms with van der Waals surface area (Å²) in [7, 11) is 0. The lowest BCUT2D eigenvalue weighted by molar-refractivity contribution is 0.475. The van der Waals surface area contributed by atoms with Crippen LogP contribution in [-0.4, -0.2) is 20.1 Å². The molecule has 0 saturated heterocycles. The largest absolute Gasteiger partial charge is 0.508 e. The molecule has 0 atom stereocenters. The smallest absolute Gasteiger partial charge is 0.233 e. The first-order valence-corrected chi connectivity index (χ1v) is 9.53. The minimum absolute atomic E-state index is 0.194. The van der Waals surface area contributed by atoms with Crippen molar-refractivity contribution >= 4 is 34.9 Å². The third-order valence-corrected chi connectivity index (χ3v) is 4.31. The highest BCUT2D eigenvalue weighted by atomic mass is 16.3. The van der Waals surface area contributed by atoms with E-state index in [4.69, 9.17) is 0 Å². The predicted molar refractivity (Wildman–Crippen MR) is 120 cm³/mol. The second-order valence-corrected chi connectivity index (χ2v) is 6.97. The number of hydrogen-bond acceptors (Lipinski definition) is 7. The number of hydrogen-bond donors (Lipinski definition) is 4. The summed E-state index contributed by atoms with van der Waals surface area (Å²) >= 11 is 0. The molecule has 0 unspecified atom stereocenters. The SMILES string of the molecule is Cc1cccc(Nc2nc(Nc3ccc(O)cc3)nc(Nc3cccc(C)c3)n2)c1. The van der Waals surface area contributed by atoms with Gasteiger partial charge < -0.3 is 21.1 Å². The van der Waals surface area contributed by atoms with Gasteiger partial charge in [0.05, 0.1) is 0 Å². The molecule has 3 aromatic carbocycles. The molecule has 4 N–H and O–H groups in total. The molecule has 0 fully saturated rings. The van der Waals surface area contributed by atoms with Gasteiger partial charge in [0.2, 0.25) is 17.8 Å². The van der Waals surface area contributed by atoms with Crippen molar-refractivity contribution in [3.63, 3.8) is 0 Å². The fourth-order valence-corrected chi connectivity index (χ4v) is 2.92. The van der Waals surface area contributed by atoms with Crippen LogP contribution in [0.4, 0.5) is 34.9 Å². The van der Waals surface area contributed by atoms with Crippen molar-refractivity contribution in [3.05, 3.63) is 83.9 Å². The van der Waals surface area contributed by atoms with Crippen molar-refractivity contribution in [1.29, 1.82) is 0 Å². The van der Waals surface area contributed by atoms with E-state index in [-0.39, 0.29) is 5.75 Å². The number of phenolic OH excluding ortho intramolecular Hbond substituents is 1. The van der Waals surface area contributed by atoms with Gasteiger partial charge in [0.15, 0.2) is 0 Å². The van der Waals surface area contributed by atoms with Crippen LogP contribution in [0.3, 0.4) is 0 Å². The molecule has 0 amide bonds. The first kappa shape index (κ1) is 19.2. The molecule has 4 rings (SSSR count). The number of nitrogens with one attached hydrogen (secondary N) is 3. The topological polar surface area (TPSA) is 95.0 Å². The van der Waals surface area contributed by atoms with Crippen LogP contribution in [0.2, 0.25) is 0 Å². The zero-order valence-corrected chi connectivity index (χ0v) is 16.7. The molecule has 1 heterocycles. The summed E-state index contributed by atoms with van der Waals surface area (Å²) in [4.78, 5) is 13.5. The zero-order chi connectivity index (χ0) is 20.9. The molecule has 150 valence electrons. The maximum absolute atomic E-state index is 9.49. The maximum Gasteiger partial charge on any atom is 0.233 e. The summed E-state index contributed by atoms with van der Waals surface area (Å²) in [6, 6.07) is 22.6. The van der Waals surface area contributed by atoms with Crippen LogP contribution in [0.1, 0.15) is 11.1 Å². The average Bonchev–Trinajstić information content (AvgIpc) is 2.70.